The Balaban J connectivity index is 2.27. The van der Waals surface area contributed by atoms with E-state index in [9.17, 15) is 4.79 Å². The van der Waals surface area contributed by atoms with Crippen LogP contribution in [0.3, 0.4) is 0 Å². The molecule has 66 valence electrons. The van der Waals surface area contributed by atoms with Gasteiger partial charge in [-0.1, -0.05) is 0 Å². The summed E-state index contributed by atoms with van der Waals surface area (Å²) in [6.07, 6.45) is 1.76. The highest BCUT2D eigenvalue weighted by Crippen LogP contribution is 1.89. The number of aromatic nitrogens is 3. The molecule has 0 aromatic carbocycles. The van der Waals surface area contributed by atoms with Gasteiger partial charge in [-0.25, -0.2) is 0 Å². The van der Waals surface area contributed by atoms with E-state index in [-0.39, 0.29) is 12.3 Å². The Hall–Kier alpha value is -1.43. The summed E-state index contributed by atoms with van der Waals surface area (Å²) >= 11 is 0. The number of aromatic amines is 1. The first-order valence-electron chi connectivity index (χ1n) is 3.64. The van der Waals surface area contributed by atoms with Gasteiger partial charge in [0.15, 0.2) is 0 Å². The van der Waals surface area contributed by atoms with E-state index in [1.54, 1.807) is 0 Å². The average molecular weight is 169 g/mol. The van der Waals surface area contributed by atoms with Crippen molar-refractivity contribution >= 4 is 5.91 Å². The SMILES string of the molecule is NCCNC(=O)Cc1cn[nH]n1. The van der Waals surface area contributed by atoms with E-state index in [1.807, 2.05) is 0 Å². The fourth-order valence-electron chi connectivity index (χ4n) is 0.749. The number of carbonyl (C=O) groups excluding carboxylic acids is 1. The van der Waals surface area contributed by atoms with Crippen LogP contribution in [0.5, 0.6) is 0 Å². The zero-order valence-corrected chi connectivity index (χ0v) is 6.58. The van der Waals surface area contributed by atoms with Crippen molar-refractivity contribution in [2.24, 2.45) is 5.73 Å². The minimum Gasteiger partial charge on any atom is -0.354 e. The zero-order chi connectivity index (χ0) is 8.81. The first kappa shape index (κ1) is 8.66. The van der Waals surface area contributed by atoms with Gasteiger partial charge in [0.25, 0.3) is 0 Å². The van der Waals surface area contributed by atoms with Crippen LogP contribution >= 0.6 is 0 Å². The lowest BCUT2D eigenvalue weighted by molar-refractivity contribution is -0.120. The molecule has 0 aliphatic rings. The van der Waals surface area contributed by atoms with Gasteiger partial charge < -0.3 is 11.1 Å². The Morgan fingerprint density at radius 1 is 1.75 bits per heavy atom. The number of hydrogen-bond acceptors (Lipinski definition) is 4. The van der Waals surface area contributed by atoms with E-state index >= 15 is 0 Å². The Morgan fingerprint density at radius 2 is 2.58 bits per heavy atom. The van der Waals surface area contributed by atoms with E-state index < -0.39 is 0 Å². The molecular formula is C6H11N5O. The molecule has 1 amide bonds. The van der Waals surface area contributed by atoms with Gasteiger partial charge in [0.1, 0.15) is 0 Å². The first-order chi connectivity index (χ1) is 5.83. The maximum absolute atomic E-state index is 11.0. The summed E-state index contributed by atoms with van der Waals surface area (Å²) in [4.78, 5) is 11.0. The molecule has 1 aromatic rings. The van der Waals surface area contributed by atoms with Crippen LogP contribution < -0.4 is 11.1 Å². The van der Waals surface area contributed by atoms with Crippen LogP contribution in [-0.4, -0.2) is 34.4 Å². The van der Waals surface area contributed by atoms with Crippen LogP contribution in [0.1, 0.15) is 5.69 Å². The maximum Gasteiger partial charge on any atom is 0.226 e. The van der Waals surface area contributed by atoms with Gasteiger partial charge in [-0.3, -0.25) is 4.79 Å². The second kappa shape index (κ2) is 4.45. The molecule has 0 unspecified atom stereocenters. The largest absolute Gasteiger partial charge is 0.354 e. The number of H-pyrrole nitrogens is 1. The zero-order valence-electron chi connectivity index (χ0n) is 6.58. The quantitative estimate of drug-likeness (QED) is 0.507. The Morgan fingerprint density at radius 3 is 3.17 bits per heavy atom. The molecule has 0 bridgehead atoms. The highest BCUT2D eigenvalue weighted by atomic mass is 16.1. The predicted octanol–water partition coefficient (Wildman–Crippen LogP) is -1.58. The fourth-order valence-corrected chi connectivity index (χ4v) is 0.749. The van der Waals surface area contributed by atoms with Gasteiger partial charge in [-0.05, 0) is 0 Å². The molecule has 12 heavy (non-hydrogen) atoms. The Labute approximate surface area is 69.5 Å². The molecular weight excluding hydrogens is 158 g/mol. The highest BCUT2D eigenvalue weighted by Gasteiger charge is 2.03. The molecule has 0 saturated carbocycles. The molecule has 0 aliphatic heterocycles. The molecule has 1 heterocycles. The molecule has 1 rings (SSSR count). The Kier molecular flexibility index (Phi) is 3.21. The number of nitrogens with two attached hydrogens (primary N) is 1. The van der Waals surface area contributed by atoms with Crippen molar-refractivity contribution < 1.29 is 4.79 Å². The summed E-state index contributed by atoms with van der Waals surface area (Å²) < 4.78 is 0. The van der Waals surface area contributed by atoms with Gasteiger partial charge in [0, 0.05) is 13.1 Å². The van der Waals surface area contributed by atoms with Crippen LogP contribution in [0, 0.1) is 0 Å². The van der Waals surface area contributed by atoms with Gasteiger partial charge in [-0.15, -0.1) is 0 Å². The molecule has 1 aromatic heterocycles. The third kappa shape index (κ3) is 2.67. The highest BCUT2D eigenvalue weighted by molar-refractivity contribution is 5.77. The molecule has 0 fully saturated rings. The number of amides is 1. The van der Waals surface area contributed by atoms with Crippen molar-refractivity contribution in [3.05, 3.63) is 11.9 Å². The summed E-state index contributed by atoms with van der Waals surface area (Å²) in [5.41, 5.74) is 5.83. The second-order valence-electron chi connectivity index (χ2n) is 2.28. The van der Waals surface area contributed by atoms with Crippen molar-refractivity contribution in [1.82, 2.24) is 20.7 Å². The lowest BCUT2D eigenvalue weighted by Gasteiger charge is -1.99. The number of carbonyl (C=O) groups is 1. The van der Waals surface area contributed by atoms with E-state index in [0.29, 0.717) is 18.8 Å². The minimum atomic E-state index is -0.0886. The molecule has 0 spiro atoms. The summed E-state index contributed by atoms with van der Waals surface area (Å²) in [6, 6.07) is 0. The smallest absolute Gasteiger partial charge is 0.226 e. The number of rotatable bonds is 4. The first-order valence-corrected chi connectivity index (χ1v) is 3.64. The maximum atomic E-state index is 11.0. The molecule has 0 radical (unpaired) electrons. The Bertz CT molecular complexity index is 232. The van der Waals surface area contributed by atoms with Gasteiger partial charge in [0.05, 0.1) is 18.3 Å². The van der Waals surface area contributed by atoms with Crippen LogP contribution in [-0.2, 0) is 11.2 Å². The molecule has 4 N–H and O–H groups in total. The van der Waals surface area contributed by atoms with Crippen molar-refractivity contribution in [2.75, 3.05) is 13.1 Å². The topological polar surface area (TPSA) is 96.7 Å². The van der Waals surface area contributed by atoms with E-state index in [0.717, 1.165) is 0 Å². The minimum absolute atomic E-state index is 0.0886. The van der Waals surface area contributed by atoms with Crippen LogP contribution in [0.25, 0.3) is 0 Å². The summed E-state index contributed by atoms with van der Waals surface area (Å²) in [7, 11) is 0. The van der Waals surface area contributed by atoms with Gasteiger partial charge in [0.2, 0.25) is 5.91 Å². The third-order valence-electron chi connectivity index (χ3n) is 1.27. The molecule has 6 heteroatoms. The van der Waals surface area contributed by atoms with Gasteiger partial charge >= 0.3 is 0 Å². The summed E-state index contributed by atoms with van der Waals surface area (Å²) in [5.74, 6) is -0.0886. The predicted molar refractivity (Wildman–Crippen MR) is 42.2 cm³/mol. The lowest BCUT2D eigenvalue weighted by atomic mass is 10.3. The third-order valence-corrected chi connectivity index (χ3v) is 1.27. The molecule has 0 atom stereocenters. The molecule has 6 nitrogen and oxygen atoms in total. The summed E-state index contributed by atoms with van der Waals surface area (Å²) in [5, 5.41) is 12.4. The fraction of sp³-hybridized carbons (Fsp3) is 0.500. The molecule has 0 aliphatic carbocycles. The number of nitrogens with zero attached hydrogens (tertiary/aromatic N) is 2. The van der Waals surface area contributed by atoms with E-state index in [4.69, 9.17) is 5.73 Å². The standard InChI is InChI=1S/C6H11N5O/c7-1-2-8-6(12)3-5-4-9-11-10-5/h4H,1-3,7H2,(H,8,12)(H,9,10,11). The van der Waals surface area contributed by atoms with E-state index in [1.165, 1.54) is 6.20 Å². The van der Waals surface area contributed by atoms with Crippen molar-refractivity contribution in [3.8, 4) is 0 Å². The van der Waals surface area contributed by atoms with Gasteiger partial charge in [-0.2, -0.15) is 15.4 Å². The van der Waals surface area contributed by atoms with Crippen LogP contribution in [0.4, 0.5) is 0 Å². The van der Waals surface area contributed by atoms with Crippen molar-refractivity contribution in [1.29, 1.82) is 0 Å². The lowest BCUT2D eigenvalue weighted by Crippen LogP contribution is -2.30. The second-order valence-corrected chi connectivity index (χ2v) is 2.28. The average Bonchev–Trinajstić information content (AvgIpc) is 2.53. The number of nitrogens with one attached hydrogen (secondary N) is 2. The number of hydrogen-bond donors (Lipinski definition) is 3. The van der Waals surface area contributed by atoms with Crippen LogP contribution in [0.2, 0.25) is 0 Å². The monoisotopic (exact) mass is 169 g/mol. The van der Waals surface area contributed by atoms with Crippen molar-refractivity contribution in [2.45, 2.75) is 6.42 Å². The normalized spacial score (nSPS) is 9.75. The van der Waals surface area contributed by atoms with E-state index in [2.05, 4.69) is 20.7 Å². The van der Waals surface area contributed by atoms with Crippen molar-refractivity contribution in [3.63, 3.8) is 0 Å². The molecule has 0 saturated heterocycles. The van der Waals surface area contributed by atoms with Crippen LogP contribution in [0.15, 0.2) is 6.20 Å². The summed E-state index contributed by atoms with van der Waals surface area (Å²) in [6.45, 7) is 0.946.